The van der Waals surface area contributed by atoms with Crippen molar-refractivity contribution in [2.24, 2.45) is 5.92 Å². The largest absolute Gasteiger partial charge is 0.495 e. The fourth-order valence-corrected chi connectivity index (χ4v) is 2.10. The lowest BCUT2D eigenvalue weighted by molar-refractivity contribution is -0.119. The minimum absolute atomic E-state index is 0.0765. The summed E-state index contributed by atoms with van der Waals surface area (Å²) in [5.41, 5.74) is 1.07. The van der Waals surface area contributed by atoms with E-state index in [1.165, 1.54) is 7.11 Å². The van der Waals surface area contributed by atoms with Gasteiger partial charge in [-0.05, 0) is 25.5 Å². The van der Waals surface area contributed by atoms with Crippen LogP contribution >= 0.6 is 0 Å². The lowest BCUT2D eigenvalue weighted by Gasteiger charge is -2.12. The summed E-state index contributed by atoms with van der Waals surface area (Å²) in [4.78, 5) is 12.1. The van der Waals surface area contributed by atoms with E-state index in [0.717, 1.165) is 6.42 Å². The fourth-order valence-electron chi connectivity index (χ4n) is 2.10. The number of nitrogens with one attached hydrogen (secondary N) is 1. The van der Waals surface area contributed by atoms with E-state index in [9.17, 15) is 4.79 Å². The standard InChI is InChI=1S/C14H16N2O3/c1-9-5-11(8-19-9)14(17)16-12-4-3-10(7-15)6-13(12)18-2/h3-4,6,9,11H,5,8H2,1-2H3,(H,16,17). The van der Waals surface area contributed by atoms with Gasteiger partial charge < -0.3 is 14.8 Å². The summed E-state index contributed by atoms with van der Waals surface area (Å²) >= 11 is 0. The summed E-state index contributed by atoms with van der Waals surface area (Å²) in [6.07, 6.45) is 0.850. The maximum absolute atomic E-state index is 12.1. The number of amides is 1. The zero-order valence-electron chi connectivity index (χ0n) is 11.0. The number of benzene rings is 1. The average molecular weight is 260 g/mol. The lowest BCUT2D eigenvalue weighted by Crippen LogP contribution is -2.23. The molecule has 1 aromatic carbocycles. The predicted molar refractivity (Wildman–Crippen MR) is 69.9 cm³/mol. The molecular formula is C14H16N2O3. The number of carbonyl (C=O) groups excluding carboxylic acids is 1. The smallest absolute Gasteiger partial charge is 0.230 e. The Morgan fingerprint density at radius 3 is 2.95 bits per heavy atom. The van der Waals surface area contributed by atoms with Crippen LogP contribution in [0.1, 0.15) is 18.9 Å². The molecule has 19 heavy (non-hydrogen) atoms. The van der Waals surface area contributed by atoms with Gasteiger partial charge in [-0.2, -0.15) is 5.26 Å². The van der Waals surface area contributed by atoms with E-state index in [1.807, 2.05) is 13.0 Å². The quantitative estimate of drug-likeness (QED) is 0.901. The molecule has 2 rings (SSSR count). The molecule has 0 aliphatic carbocycles. The van der Waals surface area contributed by atoms with Crippen molar-refractivity contribution in [1.29, 1.82) is 5.26 Å². The van der Waals surface area contributed by atoms with Crippen molar-refractivity contribution in [3.8, 4) is 11.8 Å². The highest BCUT2D eigenvalue weighted by atomic mass is 16.5. The van der Waals surface area contributed by atoms with Crippen LogP contribution < -0.4 is 10.1 Å². The van der Waals surface area contributed by atoms with Crippen molar-refractivity contribution >= 4 is 11.6 Å². The maximum Gasteiger partial charge on any atom is 0.230 e. The minimum atomic E-state index is -0.129. The van der Waals surface area contributed by atoms with E-state index < -0.39 is 0 Å². The summed E-state index contributed by atoms with van der Waals surface area (Å²) < 4.78 is 10.6. The molecular weight excluding hydrogens is 244 g/mol. The van der Waals surface area contributed by atoms with Crippen molar-refractivity contribution in [1.82, 2.24) is 0 Å². The molecule has 0 aromatic heterocycles. The van der Waals surface area contributed by atoms with Gasteiger partial charge in [0.2, 0.25) is 5.91 Å². The molecule has 1 N–H and O–H groups in total. The van der Waals surface area contributed by atoms with Gasteiger partial charge in [0, 0.05) is 6.07 Å². The first kappa shape index (κ1) is 13.4. The molecule has 5 nitrogen and oxygen atoms in total. The highest BCUT2D eigenvalue weighted by Gasteiger charge is 2.28. The third-order valence-corrected chi connectivity index (χ3v) is 3.16. The number of hydrogen-bond acceptors (Lipinski definition) is 4. The molecule has 5 heteroatoms. The van der Waals surface area contributed by atoms with Crippen LogP contribution in [-0.4, -0.2) is 25.7 Å². The average Bonchev–Trinajstić information content (AvgIpc) is 2.86. The maximum atomic E-state index is 12.1. The number of rotatable bonds is 3. The van der Waals surface area contributed by atoms with E-state index in [1.54, 1.807) is 18.2 Å². The number of ether oxygens (including phenoxy) is 2. The third-order valence-electron chi connectivity index (χ3n) is 3.16. The van der Waals surface area contributed by atoms with E-state index >= 15 is 0 Å². The van der Waals surface area contributed by atoms with Gasteiger partial charge in [0.05, 0.1) is 43.1 Å². The summed E-state index contributed by atoms with van der Waals surface area (Å²) in [7, 11) is 1.51. The molecule has 0 radical (unpaired) electrons. The van der Waals surface area contributed by atoms with Gasteiger partial charge >= 0.3 is 0 Å². The SMILES string of the molecule is COc1cc(C#N)ccc1NC(=O)C1COC(C)C1. The van der Waals surface area contributed by atoms with Crippen molar-refractivity contribution < 1.29 is 14.3 Å². The molecule has 100 valence electrons. The summed E-state index contributed by atoms with van der Waals surface area (Å²) in [5, 5.41) is 11.6. The molecule has 1 saturated heterocycles. The number of methoxy groups -OCH3 is 1. The van der Waals surface area contributed by atoms with Gasteiger partial charge in [-0.25, -0.2) is 0 Å². The Kier molecular flexibility index (Phi) is 4.03. The number of nitriles is 1. The first-order valence-corrected chi connectivity index (χ1v) is 6.14. The van der Waals surface area contributed by atoms with Crippen LogP contribution in [0.3, 0.4) is 0 Å². The van der Waals surface area contributed by atoms with Crippen molar-refractivity contribution in [3.63, 3.8) is 0 Å². The van der Waals surface area contributed by atoms with Crippen molar-refractivity contribution in [2.75, 3.05) is 19.0 Å². The van der Waals surface area contributed by atoms with Crippen LogP contribution in [0, 0.1) is 17.2 Å². The van der Waals surface area contributed by atoms with Crippen molar-refractivity contribution in [2.45, 2.75) is 19.4 Å². The number of carbonyl (C=O) groups is 1. The van der Waals surface area contributed by atoms with Crippen LogP contribution in [0.4, 0.5) is 5.69 Å². The van der Waals surface area contributed by atoms with E-state index in [2.05, 4.69) is 5.32 Å². The Morgan fingerprint density at radius 2 is 2.37 bits per heavy atom. The molecule has 1 amide bonds. The van der Waals surface area contributed by atoms with Crippen LogP contribution in [0.25, 0.3) is 0 Å². The molecule has 0 spiro atoms. The van der Waals surface area contributed by atoms with Crippen molar-refractivity contribution in [3.05, 3.63) is 23.8 Å². The monoisotopic (exact) mass is 260 g/mol. The number of hydrogen-bond donors (Lipinski definition) is 1. The predicted octanol–water partition coefficient (Wildman–Crippen LogP) is 1.93. The molecule has 2 unspecified atom stereocenters. The van der Waals surface area contributed by atoms with Crippen LogP contribution in [-0.2, 0) is 9.53 Å². The zero-order valence-corrected chi connectivity index (χ0v) is 11.0. The number of anilines is 1. The Balaban J connectivity index is 2.10. The Hall–Kier alpha value is -2.06. The third kappa shape index (κ3) is 3.04. The summed E-state index contributed by atoms with van der Waals surface area (Å²) in [6, 6.07) is 6.95. The van der Waals surface area contributed by atoms with Gasteiger partial charge in [0.25, 0.3) is 0 Å². The second-order valence-electron chi connectivity index (χ2n) is 4.59. The van der Waals surface area contributed by atoms with E-state index in [0.29, 0.717) is 23.6 Å². The van der Waals surface area contributed by atoms with Crippen LogP contribution in [0.2, 0.25) is 0 Å². The molecule has 1 aliphatic heterocycles. The van der Waals surface area contributed by atoms with Gasteiger partial charge in [-0.3, -0.25) is 4.79 Å². The highest BCUT2D eigenvalue weighted by molar-refractivity contribution is 5.94. The summed E-state index contributed by atoms with van der Waals surface area (Å²) in [6.45, 7) is 2.40. The molecule has 1 fully saturated rings. The highest BCUT2D eigenvalue weighted by Crippen LogP contribution is 2.27. The van der Waals surface area contributed by atoms with Gasteiger partial charge in [-0.1, -0.05) is 0 Å². The fraction of sp³-hybridized carbons (Fsp3) is 0.429. The minimum Gasteiger partial charge on any atom is -0.495 e. The topological polar surface area (TPSA) is 71.3 Å². The van der Waals surface area contributed by atoms with Gasteiger partial charge in [0.1, 0.15) is 5.75 Å². The summed E-state index contributed by atoms with van der Waals surface area (Å²) in [5.74, 6) is 0.280. The van der Waals surface area contributed by atoms with Gasteiger partial charge in [0.15, 0.2) is 0 Å². The first-order valence-electron chi connectivity index (χ1n) is 6.14. The Bertz CT molecular complexity index is 522. The zero-order chi connectivity index (χ0) is 13.8. The van der Waals surface area contributed by atoms with E-state index in [4.69, 9.17) is 14.7 Å². The van der Waals surface area contributed by atoms with E-state index in [-0.39, 0.29) is 17.9 Å². The molecule has 0 bridgehead atoms. The molecule has 1 heterocycles. The second kappa shape index (κ2) is 5.72. The molecule has 2 atom stereocenters. The molecule has 1 aromatic rings. The molecule has 0 saturated carbocycles. The Labute approximate surface area is 112 Å². The van der Waals surface area contributed by atoms with Gasteiger partial charge in [-0.15, -0.1) is 0 Å². The normalized spacial score (nSPS) is 21.7. The molecule has 1 aliphatic rings. The van der Waals surface area contributed by atoms with Crippen LogP contribution in [0.5, 0.6) is 5.75 Å². The van der Waals surface area contributed by atoms with Crippen LogP contribution in [0.15, 0.2) is 18.2 Å². The first-order chi connectivity index (χ1) is 9.13. The lowest BCUT2D eigenvalue weighted by atomic mass is 10.1. The Morgan fingerprint density at radius 1 is 1.58 bits per heavy atom. The second-order valence-corrected chi connectivity index (χ2v) is 4.59. The number of nitrogens with zero attached hydrogens (tertiary/aromatic N) is 1.